The molecule has 3 aromatic rings. The number of para-hydroxylation sites is 1. The van der Waals surface area contributed by atoms with Crippen LogP contribution in [0.3, 0.4) is 0 Å². The third kappa shape index (κ3) is 3.60. The normalized spacial score (nSPS) is 16.9. The van der Waals surface area contributed by atoms with Gasteiger partial charge in [-0.2, -0.15) is 0 Å². The van der Waals surface area contributed by atoms with Gasteiger partial charge in [0.25, 0.3) is 0 Å². The van der Waals surface area contributed by atoms with Crippen LogP contribution in [0.4, 0.5) is 5.69 Å². The van der Waals surface area contributed by atoms with Crippen LogP contribution in [-0.2, 0) is 16.1 Å². The lowest BCUT2D eigenvalue weighted by Crippen LogP contribution is -2.47. The van der Waals surface area contributed by atoms with E-state index in [2.05, 4.69) is 52.0 Å². The molecule has 0 aliphatic carbocycles. The zero-order chi connectivity index (χ0) is 20.5. The highest BCUT2D eigenvalue weighted by molar-refractivity contribution is 6.10. The zero-order valence-electron chi connectivity index (χ0n) is 17.0. The lowest BCUT2D eigenvalue weighted by molar-refractivity contribution is -0.124. The summed E-state index contributed by atoms with van der Waals surface area (Å²) in [6.07, 6.45) is 1.44. The minimum Gasteiger partial charge on any atom is -0.369 e. The monoisotopic (exact) mass is 392 g/mol. The molecule has 1 atom stereocenters. The highest BCUT2D eigenvalue weighted by Crippen LogP contribution is 2.31. The minimum atomic E-state index is -0.253. The Morgan fingerprint density at radius 2 is 1.79 bits per heavy atom. The van der Waals surface area contributed by atoms with Gasteiger partial charge in [-0.05, 0) is 64.0 Å². The van der Waals surface area contributed by atoms with E-state index in [0.717, 1.165) is 30.5 Å². The fraction of sp³-hybridized carbons (Fsp3) is 0.391. The maximum absolute atomic E-state index is 12.8. The number of aromatic nitrogens is 1. The van der Waals surface area contributed by atoms with Gasteiger partial charge in [-0.3, -0.25) is 14.5 Å². The van der Waals surface area contributed by atoms with Crippen LogP contribution in [0.2, 0.25) is 0 Å². The number of hydrogen-bond acceptors (Lipinski definition) is 3. The Bertz CT molecular complexity index is 1060. The van der Waals surface area contributed by atoms with Crippen LogP contribution < -0.4 is 11.1 Å². The van der Waals surface area contributed by atoms with Gasteiger partial charge in [-0.25, -0.2) is 0 Å². The Kier molecular flexibility index (Phi) is 5.28. The number of fused-ring (bicyclic) bond motifs is 3. The van der Waals surface area contributed by atoms with E-state index in [0.29, 0.717) is 13.1 Å². The third-order valence-electron chi connectivity index (χ3n) is 6.22. The van der Waals surface area contributed by atoms with Crippen molar-refractivity contribution in [1.82, 2.24) is 9.47 Å². The number of amides is 2. The largest absolute Gasteiger partial charge is 0.369 e. The first-order chi connectivity index (χ1) is 14.0. The summed E-state index contributed by atoms with van der Waals surface area (Å²) >= 11 is 0. The smallest absolute Gasteiger partial charge is 0.241 e. The number of primary amides is 1. The van der Waals surface area contributed by atoms with E-state index in [9.17, 15) is 9.59 Å². The van der Waals surface area contributed by atoms with Gasteiger partial charge in [0.05, 0.1) is 6.04 Å². The first-order valence-electron chi connectivity index (χ1n) is 10.3. The molecule has 1 saturated heterocycles. The van der Waals surface area contributed by atoms with Crippen LogP contribution in [-0.4, -0.2) is 40.4 Å². The number of piperidine rings is 1. The number of anilines is 1. The Labute approximate surface area is 170 Å². The maximum Gasteiger partial charge on any atom is 0.241 e. The number of carbonyl (C=O) groups is 2. The van der Waals surface area contributed by atoms with E-state index in [1.165, 1.54) is 16.4 Å². The summed E-state index contributed by atoms with van der Waals surface area (Å²) in [5.41, 5.74) is 8.60. The summed E-state index contributed by atoms with van der Waals surface area (Å²) in [4.78, 5) is 26.3. The summed E-state index contributed by atoms with van der Waals surface area (Å²) in [7, 11) is 0. The Morgan fingerprint density at radius 3 is 2.48 bits per heavy atom. The van der Waals surface area contributed by atoms with Crippen molar-refractivity contribution in [2.45, 2.75) is 39.3 Å². The van der Waals surface area contributed by atoms with Crippen molar-refractivity contribution < 1.29 is 9.59 Å². The molecule has 0 spiro atoms. The lowest BCUT2D eigenvalue weighted by atomic mass is 9.95. The van der Waals surface area contributed by atoms with Crippen molar-refractivity contribution in [1.29, 1.82) is 0 Å². The Morgan fingerprint density at radius 1 is 1.10 bits per heavy atom. The number of nitrogens with one attached hydrogen (secondary N) is 1. The molecule has 2 heterocycles. The van der Waals surface area contributed by atoms with Crippen molar-refractivity contribution in [2.24, 2.45) is 11.7 Å². The van der Waals surface area contributed by atoms with Crippen LogP contribution in [0.15, 0.2) is 42.5 Å². The van der Waals surface area contributed by atoms with Gasteiger partial charge in [-0.15, -0.1) is 0 Å². The second-order valence-corrected chi connectivity index (χ2v) is 7.87. The second kappa shape index (κ2) is 7.87. The van der Waals surface area contributed by atoms with Crippen molar-refractivity contribution in [3.8, 4) is 0 Å². The summed E-state index contributed by atoms with van der Waals surface area (Å²) in [5.74, 6) is -0.331. The molecule has 6 heteroatoms. The molecule has 1 fully saturated rings. The van der Waals surface area contributed by atoms with Crippen LogP contribution in [0.25, 0.3) is 21.8 Å². The first kappa shape index (κ1) is 19.5. The van der Waals surface area contributed by atoms with Gasteiger partial charge in [0.1, 0.15) is 0 Å². The van der Waals surface area contributed by atoms with Crippen LogP contribution in [0.5, 0.6) is 0 Å². The van der Waals surface area contributed by atoms with Crippen molar-refractivity contribution in [2.75, 3.05) is 18.4 Å². The topological polar surface area (TPSA) is 80.4 Å². The van der Waals surface area contributed by atoms with Gasteiger partial charge in [-0.1, -0.05) is 18.2 Å². The van der Waals surface area contributed by atoms with Gasteiger partial charge >= 0.3 is 0 Å². The molecule has 0 saturated carbocycles. The summed E-state index contributed by atoms with van der Waals surface area (Å²) < 4.78 is 2.29. The predicted molar refractivity (Wildman–Crippen MR) is 117 cm³/mol. The molecule has 2 amide bonds. The fourth-order valence-corrected chi connectivity index (χ4v) is 4.46. The van der Waals surface area contributed by atoms with Crippen molar-refractivity contribution in [3.63, 3.8) is 0 Å². The Balaban J connectivity index is 1.53. The average Bonchev–Trinajstić information content (AvgIpc) is 3.06. The molecular weight excluding hydrogens is 364 g/mol. The SMILES string of the molecule is CCn1c2ccccc2c2cc(NC(=O)[C@H](C)N3CCC(C(N)=O)CC3)ccc21. The summed E-state index contributed by atoms with van der Waals surface area (Å²) in [5, 5.41) is 5.42. The quantitative estimate of drug-likeness (QED) is 0.699. The number of benzene rings is 2. The minimum absolute atomic E-state index is 0.0268. The van der Waals surface area contributed by atoms with E-state index in [1.807, 2.05) is 19.1 Å². The number of nitrogens with zero attached hydrogens (tertiary/aromatic N) is 2. The van der Waals surface area contributed by atoms with Gasteiger partial charge in [0, 0.05) is 40.0 Å². The standard InChI is InChI=1S/C23H28N4O2/c1-3-27-20-7-5-4-6-18(20)19-14-17(8-9-21(19)27)25-23(29)15(2)26-12-10-16(11-13-26)22(24)28/h4-9,14-16H,3,10-13H2,1-2H3,(H2,24,28)(H,25,29)/t15-/m0/s1. The van der Waals surface area contributed by atoms with E-state index in [4.69, 9.17) is 5.73 Å². The number of nitrogens with two attached hydrogens (primary N) is 1. The van der Waals surface area contributed by atoms with Crippen molar-refractivity contribution >= 4 is 39.3 Å². The fourth-order valence-electron chi connectivity index (χ4n) is 4.46. The van der Waals surface area contributed by atoms with E-state index < -0.39 is 0 Å². The molecular formula is C23H28N4O2. The predicted octanol–water partition coefficient (Wildman–Crippen LogP) is 3.34. The highest BCUT2D eigenvalue weighted by Gasteiger charge is 2.28. The second-order valence-electron chi connectivity index (χ2n) is 7.87. The molecule has 0 unspecified atom stereocenters. The van der Waals surface area contributed by atoms with Gasteiger partial charge < -0.3 is 15.6 Å². The van der Waals surface area contributed by atoms with Crippen LogP contribution in [0, 0.1) is 5.92 Å². The zero-order valence-corrected chi connectivity index (χ0v) is 17.0. The van der Waals surface area contributed by atoms with Gasteiger partial charge in [0.15, 0.2) is 0 Å². The van der Waals surface area contributed by atoms with E-state index in [-0.39, 0.29) is 23.8 Å². The highest BCUT2D eigenvalue weighted by atomic mass is 16.2. The first-order valence-corrected chi connectivity index (χ1v) is 10.3. The number of hydrogen-bond donors (Lipinski definition) is 2. The average molecular weight is 393 g/mol. The molecule has 29 heavy (non-hydrogen) atoms. The summed E-state index contributed by atoms with van der Waals surface area (Å²) in [6.45, 7) is 6.39. The number of rotatable bonds is 5. The van der Waals surface area contributed by atoms with Gasteiger partial charge in [0.2, 0.25) is 11.8 Å². The molecule has 152 valence electrons. The molecule has 4 rings (SSSR count). The van der Waals surface area contributed by atoms with Crippen molar-refractivity contribution in [3.05, 3.63) is 42.5 Å². The maximum atomic E-state index is 12.8. The molecule has 6 nitrogen and oxygen atoms in total. The molecule has 1 aromatic heterocycles. The molecule has 1 aliphatic rings. The molecule has 3 N–H and O–H groups in total. The van der Waals surface area contributed by atoms with E-state index in [1.54, 1.807) is 0 Å². The van der Waals surface area contributed by atoms with Crippen LogP contribution in [0.1, 0.15) is 26.7 Å². The number of likely N-dealkylation sites (tertiary alicyclic amines) is 1. The lowest BCUT2D eigenvalue weighted by Gasteiger charge is -2.34. The summed E-state index contributed by atoms with van der Waals surface area (Å²) in [6, 6.07) is 14.2. The molecule has 1 aliphatic heterocycles. The molecule has 2 aromatic carbocycles. The van der Waals surface area contributed by atoms with E-state index >= 15 is 0 Å². The Hall–Kier alpha value is -2.86. The third-order valence-corrected chi connectivity index (χ3v) is 6.22. The number of carbonyl (C=O) groups excluding carboxylic acids is 2. The molecule has 0 radical (unpaired) electrons. The molecule has 0 bridgehead atoms. The number of aryl methyl sites for hydroxylation is 1. The van der Waals surface area contributed by atoms with Crippen LogP contribution >= 0.6 is 0 Å².